The fourth-order valence-electron chi connectivity index (χ4n) is 1.33. The number of rotatable bonds is 3. The number of nitrogens with zero attached hydrogens (tertiary/aromatic N) is 3. The van der Waals surface area contributed by atoms with Crippen molar-refractivity contribution < 1.29 is 4.74 Å². The third-order valence-electron chi connectivity index (χ3n) is 2.12. The Hall–Kier alpha value is -2.17. The first-order valence-corrected chi connectivity index (χ1v) is 4.85. The van der Waals surface area contributed by atoms with Crippen LogP contribution in [0.25, 0.3) is 0 Å². The minimum atomic E-state index is 0.350. The predicted molar refractivity (Wildman–Crippen MR) is 60.0 cm³/mol. The van der Waals surface area contributed by atoms with Gasteiger partial charge in [0.15, 0.2) is 11.6 Å². The molecule has 5 nitrogen and oxygen atoms in total. The minimum absolute atomic E-state index is 0.350. The molecular weight excluding hydrogens is 204 g/mol. The molecular formula is C11H12N4O. The summed E-state index contributed by atoms with van der Waals surface area (Å²) in [4.78, 5) is 12.5. The Labute approximate surface area is 93.3 Å². The van der Waals surface area contributed by atoms with E-state index in [0.717, 1.165) is 5.69 Å². The van der Waals surface area contributed by atoms with Crippen molar-refractivity contribution in [2.24, 2.45) is 0 Å². The molecule has 16 heavy (non-hydrogen) atoms. The van der Waals surface area contributed by atoms with Gasteiger partial charge in [0.25, 0.3) is 0 Å². The molecule has 0 aliphatic carbocycles. The van der Waals surface area contributed by atoms with Crippen molar-refractivity contribution in [1.82, 2.24) is 15.0 Å². The highest BCUT2D eigenvalue weighted by molar-refractivity contribution is 5.43. The van der Waals surface area contributed by atoms with Crippen LogP contribution in [0.2, 0.25) is 0 Å². The van der Waals surface area contributed by atoms with Crippen LogP contribution >= 0.6 is 0 Å². The van der Waals surface area contributed by atoms with E-state index in [1.54, 1.807) is 12.4 Å². The zero-order valence-electron chi connectivity index (χ0n) is 8.92. The monoisotopic (exact) mass is 216 g/mol. The summed E-state index contributed by atoms with van der Waals surface area (Å²) >= 11 is 0. The van der Waals surface area contributed by atoms with Gasteiger partial charge in [-0.3, -0.25) is 4.98 Å². The van der Waals surface area contributed by atoms with E-state index in [1.165, 1.54) is 7.11 Å². The number of methoxy groups -OCH3 is 1. The molecule has 0 saturated heterocycles. The molecule has 0 aliphatic rings. The Balaban J connectivity index is 2.20. The third kappa shape index (κ3) is 2.25. The number of nitrogen functional groups attached to an aromatic ring is 1. The largest absolute Gasteiger partial charge is 0.491 e. The molecule has 0 spiro atoms. The highest BCUT2D eigenvalue weighted by atomic mass is 16.5. The first-order chi connectivity index (χ1) is 7.79. The molecule has 0 amide bonds. The van der Waals surface area contributed by atoms with Gasteiger partial charge >= 0.3 is 0 Å². The van der Waals surface area contributed by atoms with E-state index in [2.05, 4.69) is 15.0 Å². The lowest BCUT2D eigenvalue weighted by Gasteiger charge is -2.04. The van der Waals surface area contributed by atoms with Crippen molar-refractivity contribution in [3.63, 3.8) is 0 Å². The van der Waals surface area contributed by atoms with Gasteiger partial charge in [0.1, 0.15) is 5.82 Å². The minimum Gasteiger partial charge on any atom is -0.491 e. The second kappa shape index (κ2) is 4.57. The van der Waals surface area contributed by atoms with Gasteiger partial charge in [-0.1, -0.05) is 6.07 Å². The molecule has 2 aromatic rings. The first-order valence-electron chi connectivity index (χ1n) is 4.85. The normalized spacial score (nSPS) is 10.1. The zero-order chi connectivity index (χ0) is 11.4. The van der Waals surface area contributed by atoms with Crippen molar-refractivity contribution in [3.05, 3.63) is 42.1 Å². The summed E-state index contributed by atoms with van der Waals surface area (Å²) in [6, 6.07) is 5.71. The van der Waals surface area contributed by atoms with Crippen molar-refractivity contribution in [1.29, 1.82) is 0 Å². The summed E-state index contributed by atoms with van der Waals surface area (Å²) in [5.41, 5.74) is 6.60. The third-order valence-corrected chi connectivity index (χ3v) is 2.12. The van der Waals surface area contributed by atoms with Gasteiger partial charge in [-0.25, -0.2) is 9.97 Å². The van der Waals surface area contributed by atoms with Crippen LogP contribution in [0, 0.1) is 0 Å². The van der Waals surface area contributed by atoms with Gasteiger partial charge in [-0.05, 0) is 12.1 Å². The Morgan fingerprint density at radius 3 is 2.81 bits per heavy atom. The number of pyridine rings is 1. The van der Waals surface area contributed by atoms with Crippen LogP contribution in [-0.2, 0) is 6.42 Å². The number of aromatic nitrogens is 3. The Morgan fingerprint density at radius 1 is 1.31 bits per heavy atom. The lowest BCUT2D eigenvalue weighted by Crippen LogP contribution is -2.03. The van der Waals surface area contributed by atoms with Crippen molar-refractivity contribution in [2.75, 3.05) is 12.8 Å². The standard InChI is InChI=1S/C11H12N4O/c1-16-9-7-14-10(15-11(9)12)6-8-4-2-3-5-13-8/h2-5,7H,6H2,1H3,(H2,12,14,15). The Kier molecular flexibility index (Phi) is 2.95. The molecule has 2 aromatic heterocycles. The molecule has 0 unspecified atom stereocenters. The average Bonchev–Trinajstić information content (AvgIpc) is 2.31. The molecule has 0 bridgehead atoms. The molecule has 0 radical (unpaired) electrons. The maximum Gasteiger partial charge on any atom is 0.179 e. The Morgan fingerprint density at radius 2 is 2.19 bits per heavy atom. The molecule has 82 valence electrons. The highest BCUT2D eigenvalue weighted by Gasteiger charge is 2.05. The molecule has 5 heteroatoms. The van der Waals surface area contributed by atoms with Crippen LogP contribution in [-0.4, -0.2) is 22.1 Å². The number of anilines is 1. The second-order valence-electron chi connectivity index (χ2n) is 3.24. The van der Waals surface area contributed by atoms with Crippen LogP contribution < -0.4 is 10.5 Å². The second-order valence-corrected chi connectivity index (χ2v) is 3.24. The zero-order valence-corrected chi connectivity index (χ0v) is 8.92. The van der Waals surface area contributed by atoms with E-state index < -0.39 is 0 Å². The summed E-state index contributed by atoms with van der Waals surface area (Å²) in [7, 11) is 1.54. The number of ether oxygens (including phenoxy) is 1. The quantitative estimate of drug-likeness (QED) is 0.830. The molecule has 0 saturated carbocycles. The maximum atomic E-state index is 5.69. The predicted octanol–water partition coefficient (Wildman–Crippen LogP) is 1.05. The van der Waals surface area contributed by atoms with Gasteiger partial charge in [0.05, 0.1) is 19.7 Å². The summed E-state index contributed by atoms with van der Waals surface area (Å²) in [5.74, 6) is 1.48. The SMILES string of the molecule is COc1cnc(Cc2ccccn2)nc1N. The summed E-state index contributed by atoms with van der Waals surface area (Å²) in [6.07, 6.45) is 3.87. The van der Waals surface area contributed by atoms with E-state index >= 15 is 0 Å². The molecule has 2 heterocycles. The molecule has 2 N–H and O–H groups in total. The van der Waals surface area contributed by atoms with Crippen molar-refractivity contribution in [2.45, 2.75) is 6.42 Å². The van der Waals surface area contributed by atoms with Crippen LogP contribution in [0.1, 0.15) is 11.5 Å². The van der Waals surface area contributed by atoms with Crippen molar-refractivity contribution >= 4 is 5.82 Å². The van der Waals surface area contributed by atoms with E-state index in [0.29, 0.717) is 23.8 Å². The van der Waals surface area contributed by atoms with Crippen LogP contribution in [0.4, 0.5) is 5.82 Å². The lowest BCUT2D eigenvalue weighted by atomic mass is 10.2. The summed E-state index contributed by atoms with van der Waals surface area (Å²) in [5, 5.41) is 0. The van der Waals surface area contributed by atoms with Gasteiger partial charge in [-0.15, -0.1) is 0 Å². The van der Waals surface area contributed by atoms with E-state index in [4.69, 9.17) is 10.5 Å². The molecule has 0 aliphatic heterocycles. The fourth-order valence-corrected chi connectivity index (χ4v) is 1.33. The summed E-state index contributed by atoms with van der Waals surface area (Å²) < 4.78 is 4.98. The van der Waals surface area contributed by atoms with Gasteiger partial charge in [0.2, 0.25) is 0 Å². The number of nitrogens with two attached hydrogens (primary N) is 1. The van der Waals surface area contributed by atoms with Crippen molar-refractivity contribution in [3.8, 4) is 5.75 Å². The molecule has 0 fully saturated rings. The van der Waals surface area contributed by atoms with Crippen LogP contribution in [0.15, 0.2) is 30.6 Å². The van der Waals surface area contributed by atoms with E-state index in [1.807, 2.05) is 18.2 Å². The van der Waals surface area contributed by atoms with E-state index in [9.17, 15) is 0 Å². The van der Waals surface area contributed by atoms with Gasteiger partial charge in [-0.2, -0.15) is 0 Å². The number of hydrogen-bond donors (Lipinski definition) is 1. The van der Waals surface area contributed by atoms with Gasteiger partial charge < -0.3 is 10.5 Å². The van der Waals surface area contributed by atoms with E-state index in [-0.39, 0.29) is 0 Å². The lowest BCUT2D eigenvalue weighted by molar-refractivity contribution is 0.412. The molecule has 2 rings (SSSR count). The number of hydrogen-bond acceptors (Lipinski definition) is 5. The van der Waals surface area contributed by atoms with Gasteiger partial charge in [0, 0.05) is 11.9 Å². The highest BCUT2D eigenvalue weighted by Crippen LogP contribution is 2.16. The van der Waals surface area contributed by atoms with Crippen LogP contribution in [0.3, 0.4) is 0 Å². The first kappa shape index (κ1) is 10.4. The Bertz CT molecular complexity index is 473. The summed E-state index contributed by atoms with van der Waals surface area (Å²) in [6.45, 7) is 0. The maximum absolute atomic E-state index is 5.69. The fraction of sp³-hybridized carbons (Fsp3) is 0.182. The molecule has 0 atom stereocenters. The topological polar surface area (TPSA) is 73.9 Å². The average molecular weight is 216 g/mol. The van der Waals surface area contributed by atoms with Crippen LogP contribution in [0.5, 0.6) is 5.75 Å². The molecule has 0 aromatic carbocycles. The smallest absolute Gasteiger partial charge is 0.179 e.